The Labute approximate surface area is 384 Å². The van der Waals surface area contributed by atoms with Crippen LogP contribution in [0.25, 0.3) is 0 Å². The summed E-state index contributed by atoms with van der Waals surface area (Å²) in [6.45, 7) is 18.9. The molecule has 0 fully saturated rings. The molecule has 0 saturated carbocycles. The van der Waals surface area contributed by atoms with Crippen molar-refractivity contribution < 1.29 is 37.0 Å². The first-order chi connectivity index (χ1) is 30.1. The lowest BCUT2D eigenvalue weighted by Crippen LogP contribution is -2.45. The molecule has 0 radical (unpaired) electrons. The standard InChI is InChI=1S/C52H61ClN2O8S/c1-10-51(6,7)36-19-30-45(42(32-36)52(8,9)11-2)61-31-15-18-46(56)54-37-20-29-43(53)44(33-37)55-49(58)47(48(57)50(3,4)5)63-39-23-27-41(28-24-39)64(59,60)40-25-21-38(22-26-40)62-34-35-16-13-12-14-17-35/h12-14,16-17,19-30,32-33,47H,10-11,15,18,31,34H2,1-9H3,(H,54,56)(H,55,58)/t47-/m0/s1. The molecule has 2 N–H and O–H groups in total. The van der Waals surface area contributed by atoms with E-state index in [9.17, 15) is 22.8 Å². The average molecular weight is 910 g/mol. The van der Waals surface area contributed by atoms with Crippen LogP contribution in [0.15, 0.2) is 125 Å². The number of amides is 2. The van der Waals surface area contributed by atoms with Crippen LogP contribution in [-0.2, 0) is 41.7 Å². The van der Waals surface area contributed by atoms with Crippen molar-refractivity contribution in [3.8, 4) is 17.2 Å². The molecule has 340 valence electrons. The van der Waals surface area contributed by atoms with Gasteiger partial charge in [0.1, 0.15) is 23.9 Å². The zero-order valence-corrected chi connectivity index (χ0v) is 39.9. The van der Waals surface area contributed by atoms with Gasteiger partial charge in [0, 0.05) is 23.1 Å². The lowest BCUT2D eigenvalue weighted by Gasteiger charge is -2.30. The predicted molar refractivity (Wildman–Crippen MR) is 255 cm³/mol. The van der Waals surface area contributed by atoms with E-state index in [0.717, 1.165) is 29.7 Å². The molecule has 5 rings (SSSR count). The van der Waals surface area contributed by atoms with E-state index in [1.807, 2.05) is 36.4 Å². The molecular formula is C52H61ClN2O8S. The average Bonchev–Trinajstić information content (AvgIpc) is 3.27. The van der Waals surface area contributed by atoms with Crippen LogP contribution in [-0.4, -0.2) is 38.7 Å². The van der Waals surface area contributed by atoms with Crippen molar-refractivity contribution in [2.24, 2.45) is 5.41 Å². The van der Waals surface area contributed by atoms with Crippen molar-refractivity contribution in [2.45, 2.75) is 121 Å². The number of rotatable bonds is 20. The molecule has 12 heteroatoms. The van der Waals surface area contributed by atoms with Crippen molar-refractivity contribution in [2.75, 3.05) is 17.2 Å². The van der Waals surface area contributed by atoms with Crippen molar-refractivity contribution >= 4 is 50.4 Å². The molecule has 0 aliphatic carbocycles. The number of carbonyl (C=O) groups is 3. The highest BCUT2D eigenvalue weighted by Gasteiger charge is 2.37. The normalized spacial score (nSPS) is 12.5. The summed E-state index contributed by atoms with van der Waals surface area (Å²) in [4.78, 5) is 40.6. The predicted octanol–water partition coefficient (Wildman–Crippen LogP) is 11.9. The summed E-state index contributed by atoms with van der Waals surface area (Å²) < 4.78 is 45.0. The Morgan fingerprint density at radius 3 is 1.89 bits per heavy atom. The van der Waals surface area contributed by atoms with Crippen molar-refractivity contribution in [3.05, 3.63) is 137 Å². The number of ether oxygens (including phenoxy) is 3. The van der Waals surface area contributed by atoms with Gasteiger partial charge in [-0.2, -0.15) is 0 Å². The zero-order valence-electron chi connectivity index (χ0n) is 38.3. The maximum Gasteiger partial charge on any atom is 0.273 e. The molecule has 0 unspecified atom stereocenters. The van der Waals surface area contributed by atoms with E-state index in [0.29, 0.717) is 31.1 Å². The Kier molecular flexibility index (Phi) is 16.1. The molecular weight excluding hydrogens is 848 g/mol. The maximum absolute atomic E-state index is 13.8. The first-order valence-corrected chi connectivity index (χ1v) is 23.5. The van der Waals surface area contributed by atoms with Gasteiger partial charge in [-0.3, -0.25) is 14.4 Å². The number of anilines is 2. The van der Waals surface area contributed by atoms with Crippen LogP contribution >= 0.6 is 11.6 Å². The van der Waals surface area contributed by atoms with Gasteiger partial charge < -0.3 is 24.8 Å². The van der Waals surface area contributed by atoms with Gasteiger partial charge in [0.15, 0.2) is 5.78 Å². The van der Waals surface area contributed by atoms with E-state index in [1.54, 1.807) is 39.0 Å². The summed E-state index contributed by atoms with van der Waals surface area (Å²) in [7, 11) is -3.92. The molecule has 0 aromatic heterocycles. The number of hydrogen-bond donors (Lipinski definition) is 2. The molecule has 2 amide bonds. The minimum absolute atomic E-state index is 0.00873. The Hall–Kier alpha value is -5.65. The summed E-state index contributed by atoms with van der Waals surface area (Å²) in [5.74, 6) is -0.137. The molecule has 0 aliphatic heterocycles. The van der Waals surface area contributed by atoms with Crippen LogP contribution in [0.3, 0.4) is 0 Å². The summed E-state index contributed by atoms with van der Waals surface area (Å²) >= 11 is 6.50. The summed E-state index contributed by atoms with van der Waals surface area (Å²) in [6, 6.07) is 32.3. The fraction of sp³-hybridized carbons (Fsp3) is 0.365. The zero-order chi connectivity index (χ0) is 46.9. The van der Waals surface area contributed by atoms with Crippen molar-refractivity contribution in [3.63, 3.8) is 0 Å². The highest BCUT2D eigenvalue weighted by molar-refractivity contribution is 7.91. The maximum atomic E-state index is 13.8. The van der Waals surface area contributed by atoms with Gasteiger partial charge in [0.05, 0.1) is 27.1 Å². The number of nitrogens with one attached hydrogen (secondary N) is 2. The van der Waals surface area contributed by atoms with Gasteiger partial charge in [-0.15, -0.1) is 0 Å². The minimum atomic E-state index is -3.92. The highest BCUT2D eigenvalue weighted by Crippen LogP contribution is 2.39. The molecule has 64 heavy (non-hydrogen) atoms. The third kappa shape index (κ3) is 12.8. The monoisotopic (exact) mass is 908 g/mol. The Morgan fingerprint density at radius 2 is 1.30 bits per heavy atom. The molecule has 0 saturated heterocycles. The van der Waals surface area contributed by atoms with Gasteiger partial charge in [-0.1, -0.05) is 116 Å². The van der Waals surface area contributed by atoms with Gasteiger partial charge in [-0.25, -0.2) is 8.42 Å². The van der Waals surface area contributed by atoms with Crippen LogP contribution in [0.1, 0.15) is 105 Å². The summed E-state index contributed by atoms with van der Waals surface area (Å²) in [6.07, 6.45) is 0.983. The molecule has 0 bridgehead atoms. The third-order valence-electron chi connectivity index (χ3n) is 11.6. The largest absolute Gasteiger partial charge is 0.493 e. The Bertz CT molecular complexity index is 2510. The number of hydrogen-bond acceptors (Lipinski definition) is 8. The number of benzene rings is 5. The number of halogens is 1. The number of Topliss-reactive ketones (excluding diaryl/α,β-unsaturated/α-hetero) is 1. The first kappa shape index (κ1) is 49.4. The van der Waals surface area contributed by atoms with E-state index in [4.69, 9.17) is 25.8 Å². The topological polar surface area (TPSA) is 137 Å². The van der Waals surface area contributed by atoms with Crippen molar-refractivity contribution in [1.82, 2.24) is 0 Å². The lowest BCUT2D eigenvalue weighted by atomic mass is 9.76. The van der Waals surface area contributed by atoms with Crippen LogP contribution in [0.2, 0.25) is 5.02 Å². The number of carbonyl (C=O) groups excluding carboxylic acids is 3. The molecule has 0 heterocycles. The quantitative estimate of drug-likeness (QED) is 0.0582. The molecule has 5 aromatic rings. The van der Waals surface area contributed by atoms with Crippen LogP contribution in [0.4, 0.5) is 11.4 Å². The second-order valence-corrected chi connectivity index (χ2v) is 20.6. The fourth-order valence-corrected chi connectivity index (χ4v) is 8.01. The second kappa shape index (κ2) is 20.9. The number of ketones is 1. The van der Waals surface area contributed by atoms with Crippen LogP contribution in [0.5, 0.6) is 17.2 Å². The van der Waals surface area contributed by atoms with E-state index >= 15 is 0 Å². The first-order valence-electron chi connectivity index (χ1n) is 21.7. The molecule has 0 spiro atoms. The highest BCUT2D eigenvalue weighted by atomic mass is 35.5. The van der Waals surface area contributed by atoms with E-state index < -0.39 is 33.0 Å². The summed E-state index contributed by atoms with van der Waals surface area (Å²) in [5, 5.41) is 5.72. The minimum Gasteiger partial charge on any atom is -0.493 e. The SMILES string of the molecule is CCC(C)(C)c1ccc(OCCCC(=O)Nc2ccc(Cl)c(NC(=O)[C@@H](Oc3ccc(S(=O)(=O)c4ccc(OCc5ccccc5)cc4)cc3)C(=O)C(C)(C)C)c2)c(C(C)(C)CC)c1. The van der Waals surface area contributed by atoms with Gasteiger partial charge >= 0.3 is 0 Å². The lowest BCUT2D eigenvalue weighted by molar-refractivity contribution is -0.140. The molecule has 1 atom stereocenters. The Balaban J connectivity index is 1.21. The molecule has 5 aromatic carbocycles. The van der Waals surface area contributed by atoms with Gasteiger partial charge in [0.25, 0.3) is 5.91 Å². The third-order valence-corrected chi connectivity index (χ3v) is 13.7. The van der Waals surface area contributed by atoms with E-state index in [2.05, 4.69) is 64.3 Å². The second-order valence-electron chi connectivity index (χ2n) is 18.2. The summed E-state index contributed by atoms with van der Waals surface area (Å²) in [5.41, 5.74) is 2.90. The van der Waals surface area contributed by atoms with Gasteiger partial charge in [-0.05, 0) is 114 Å². The van der Waals surface area contributed by atoms with Crippen LogP contribution < -0.4 is 24.8 Å². The molecule has 10 nitrogen and oxygen atoms in total. The van der Waals surface area contributed by atoms with Crippen molar-refractivity contribution in [1.29, 1.82) is 0 Å². The molecule has 0 aliphatic rings. The van der Waals surface area contributed by atoms with Gasteiger partial charge in [0.2, 0.25) is 21.8 Å². The fourth-order valence-electron chi connectivity index (χ4n) is 6.58. The van der Waals surface area contributed by atoms with E-state index in [-0.39, 0.29) is 49.4 Å². The Morgan fingerprint density at radius 1 is 0.688 bits per heavy atom. The van der Waals surface area contributed by atoms with Crippen LogP contribution in [0, 0.1) is 5.41 Å². The van der Waals surface area contributed by atoms with E-state index in [1.165, 1.54) is 54.1 Å². The number of sulfone groups is 1. The smallest absolute Gasteiger partial charge is 0.273 e.